The fourth-order valence-electron chi connectivity index (χ4n) is 3.95. The van der Waals surface area contributed by atoms with Crippen LogP contribution in [0, 0.1) is 12.7 Å². The van der Waals surface area contributed by atoms with Crippen LogP contribution in [-0.4, -0.2) is 32.4 Å². The fraction of sp³-hybridized carbons (Fsp3) is 0.192. The number of carbonyl (C=O) groups excluding carboxylic acids is 1. The third kappa shape index (κ3) is 5.46. The molecule has 4 rings (SSSR count). The topological polar surface area (TPSA) is 106 Å². The molecule has 4 N–H and O–H groups in total. The summed E-state index contributed by atoms with van der Waals surface area (Å²) in [5, 5.41) is 16.1. The number of nitrogens with zero attached hydrogens (tertiary/aromatic N) is 3. The number of nitrogens with two attached hydrogens (primary N) is 1. The van der Waals surface area contributed by atoms with E-state index in [9.17, 15) is 23.1 Å². The number of hydrogen-bond acceptors (Lipinski definition) is 5. The zero-order valence-corrected chi connectivity index (χ0v) is 19.6. The van der Waals surface area contributed by atoms with Gasteiger partial charge in [-0.3, -0.25) is 4.79 Å². The lowest BCUT2D eigenvalue weighted by Crippen LogP contribution is -2.31. The van der Waals surface area contributed by atoms with Gasteiger partial charge in [0.2, 0.25) is 0 Å². The lowest BCUT2D eigenvalue weighted by molar-refractivity contribution is 0.0563. The van der Waals surface area contributed by atoms with Gasteiger partial charge in [-0.15, -0.1) is 0 Å². The molecule has 0 spiro atoms. The van der Waals surface area contributed by atoms with Crippen molar-refractivity contribution >= 4 is 11.7 Å². The lowest BCUT2D eigenvalue weighted by atomic mass is 9.99. The number of carbonyl (C=O) groups is 1. The first-order valence-electron chi connectivity index (χ1n) is 11.2. The molecule has 0 saturated carbocycles. The molecule has 0 aliphatic heterocycles. The Balaban J connectivity index is 1.61. The van der Waals surface area contributed by atoms with Crippen LogP contribution in [0.15, 0.2) is 60.9 Å². The molecule has 2 aromatic heterocycles. The zero-order valence-electron chi connectivity index (χ0n) is 19.6. The predicted octanol–water partition coefficient (Wildman–Crippen LogP) is 4.97. The average molecular weight is 513 g/mol. The van der Waals surface area contributed by atoms with Gasteiger partial charge in [0.15, 0.2) is 0 Å². The molecule has 0 unspecified atom stereocenters. The van der Waals surface area contributed by atoms with Crippen LogP contribution in [0.25, 0.3) is 22.3 Å². The van der Waals surface area contributed by atoms with Gasteiger partial charge in [-0.2, -0.15) is 13.9 Å². The van der Waals surface area contributed by atoms with Gasteiger partial charge in [0.25, 0.3) is 5.91 Å². The van der Waals surface area contributed by atoms with Gasteiger partial charge >= 0.3 is 6.55 Å². The van der Waals surface area contributed by atoms with E-state index in [-0.39, 0.29) is 11.4 Å². The second-order valence-electron chi connectivity index (χ2n) is 8.32. The predicted molar refractivity (Wildman–Crippen MR) is 130 cm³/mol. The minimum atomic E-state index is -2.81. The summed E-state index contributed by atoms with van der Waals surface area (Å²) in [6.07, 6.45) is 2.59. The number of aromatic nitrogens is 3. The molecule has 2 aromatic carbocycles. The Bertz CT molecular complexity index is 1440. The third-order valence-corrected chi connectivity index (χ3v) is 5.87. The molecule has 1 atom stereocenters. The molecule has 192 valence electrons. The normalized spacial score (nSPS) is 12.1. The summed E-state index contributed by atoms with van der Waals surface area (Å²) in [5.41, 5.74) is 8.46. The summed E-state index contributed by atoms with van der Waals surface area (Å²) in [6, 6.07) is 10.9. The van der Waals surface area contributed by atoms with Gasteiger partial charge in [0.1, 0.15) is 18.3 Å². The molecule has 1 amide bonds. The van der Waals surface area contributed by atoms with Gasteiger partial charge in [-0.1, -0.05) is 30.3 Å². The molecule has 0 aliphatic rings. The highest BCUT2D eigenvalue weighted by Crippen LogP contribution is 2.32. The third-order valence-electron chi connectivity index (χ3n) is 5.87. The van der Waals surface area contributed by atoms with Crippen LogP contribution in [0.3, 0.4) is 0 Å². The molecule has 2 heterocycles. The number of aliphatic hydroxyl groups is 1. The number of aryl methyl sites for hydroxylation is 1. The molecule has 0 fully saturated rings. The minimum absolute atomic E-state index is 0.0762. The van der Waals surface area contributed by atoms with Crippen molar-refractivity contribution in [2.75, 3.05) is 12.3 Å². The van der Waals surface area contributed by atoms with Crippen LogP contribution in [-0.2, 0) is 6.67 Å². The maximum absolute atomic E-state index is 15.0. The Morgan fingerprint density at radius 2 is 1.92 bits per heavy atom. The van der Waals surface area contributed by atoms with Gasteiger partial charge in [0.05, 0.1) is 23.9 Å². The SMILES string of the molecule is Cc1nn(C(F)F)cc1-c1cnc(N)c(-c2ccc(C(=O)N[C@H](CO)c3cccc(CF)c3)c(F)c2)c1. The first kappa shape index (κ1) is 25.8. The summed E-state index contributed by atoms with van der Waals surface area (Å²) in [5.74, 6) is -1.55. The van der Waals surface area contributed by atoms with E-state index in [0.717, 1.165) is 6.07 Å². The smallest absolute Gasteiger partial charge is 0.333 e. The second-order valence-corrected chi connectivity index (χ2v) is 8.32. The van der Waals surface area contributed by atoms with E-state index in [2.05, 4.69) is 15.4 Å². The fourth-order valence-corrected chi connectivity index (χ4v) is 3.95. The Labute approximate surface area is 209 Å². The molecule has 7 nitrogen and oxygen atoms in total. The molecular weight excluding hydrogens is 490 g/mol. The molecule has 37 heavy (non-hydrogen) atoms. The number of aliphatic hydroxyl groups excluding tert-OH is 1. The number of benzene rings is 2. The van der Waals surface area contributed by atoms with Crippen molar-refractivity contribution in [1.29, 1.82) is 0 Å². The van der Waals surface area contributed by atoms with Crippen LogP contribution >= 0.6 is 0 Å². The van der Waals surface area contributed by atoms with Gasteiger partial charge in [-0.05, 0) is 41.8 Å². The first-order chi connectivity index (χ1) is 17.7. The van der Waals surface area contributed by atoms with E-state index in [1.54, 1.807) is 31.2 Å². The number of halogens is 4. The highest BCUT2D eigenvalue weighted by atomic mass is 19.3. The van der Waals surface area contributed by atoms with E-state index in [1.807, 2.05) is 0 Å². The van der Waals surface area contributed by atoms with Crippen LogP contribution in [0.4, 0.5) is 23.4 Å². The number of hydrogen-bond donors (Lipinski definition) is 3. The second kappa shape index (κ2) is 10.8. The molecular formula is C26H23F4N5O2. The highest BCUT2D eigenvalue weighted by molar-refractivity contribution is 5.95. The Kier molecular flexibility index (Phi) is 7.53. The largest absolute Gasteiger partial charge is 0.394 e. The van der Waals surface area contributed by atoms with Crippen molar-refractivity contribution in [3.05, 3.63) is 89.1 Å². The number of nitrogen functional groups attached to an aromatic ring is 1. The van der Waals surface area contributed by atoms with E-state index in [4.69, 9.17) is 5.73 Å². The minimum Gasteiger partial charge on any atom is -0.394 e. The zero-order chi connectivity index (χ0) is 26.7. The summed E-state index contributed by atoms with van der Waals surface area (Å²) in [6.45, 7) is -2.41. The molecule has 0 aliphatic carbocycles. The standard InChI is InChI=1S/C26H23F4N5O2/c1-14-21(12-35(34-14)26(29)30)18-8-20(24(31)32-11-18)16-5-6-19(22(28)9-16)25(37)33-23(13-36)17-4-2-3-15(7-17)10-27/h2-9,11-12,23,26,36H,10,13H2,1H3,(H2,31,32)(H,33,37)/t23-/m1/s1. The molecule has 0 radical (unpaired) electrons. The summed E-state index contributed by atoms with van der Waals surface area (Å²) >= 11 is 0. The molecule has 0 bridgehead atoms. The van der Waals surface area contributed by atoms with Crippen LogP contribution < -0.4 is 11.1 Å². The Morgan fingerprint density at radius 1 is 1.14 bits per heavy atom. The number of amides is 1. The van der Waals surface area contributed by atoms with Gasteiger partial charge < -0.3 is 16.2 Å². The van der Waals surface area contributed by atoms with Crippen molar-refractivity contribution in [1.82, 2.24) is 20.1 Å². The quantitative estimate of drug-likeness (QED) is 0.289. The highest BCUT2D eigenvalue weighted by Gasteiger charge is 2.20. The van der Waals surface area contributed by atoms with Crippen molar-refractivity contribution < 1.29 is 27.5 Å². The number of rotatable bonds is 8. The van der Waals surface area contributed by atoms with Crippen LogP contribution in [0.1, 0.15) is 39.8 Å². The molecule has 0 saturated heterocycles. The lowest BCUT2D eigenvalue weighted by Gasteiger charge is -2.18. The van der Waals surface area contributed by atoms with E-state index >= 15 is 4.39 Å². The Morgan fingerprint density at radius 3 is 2.57 bits per heavy atom. The van der Waals surface area contributed by atoms with Gasteiger partial charge in [-0.25, -0.2) is 18.4 Å². The van der Waals surface area contributed by atoms with Crippen molar-refractivity contribution in [2.45, 2.75) is 26.2 Å². The number of alkyl halides is 3. The van der Waals surface area contributed by atoms with Gasteiger partial charge in [0, 0.05) is 29.1 Å². The van der Waals surface area contributed by atoms with Crippen molar-refractivity contribution in [3.8, 4) is 22.3 Å². The van der Waals surface area contributed by atoms with Crippen molar-refractivity contribution in [2.24, 2.45) is 0 Å². The maximum Gasteiger partial charge on any atom is 0.333 e. The summed E-state index contributed by atoms with van der Waals surface area (Å²) in [7, 11) is 0. The maximum atomic E-state index is 15.0. The van der Waals surface area contributed by atoms with Crippen LogP contribution in [0.2, 0.25) is 0 Å². The van der Waals surface area contributed by atoms with E-state index < -0.39 is 37.6 Å². The first-order valence-corrected chi connectivity index (χ1v) is 11.2. The van der Waals surface area contributed by atoms with Crippen LogP contribution in [0.5, 0.6) is 0 Å². The number of pyridine rings is 1. The summed E-state index contributed by atoms with van der Waals surface area (Å²) in [4.78, 5) is 16.9. The monoisotopic (exact) mass is 513 g/mol. The molecule has 4 aromatic rings. The average Bonchev–Trinajstić information content (AvgIpc) is 3.29. The van der Waals surface area contributed by atoms with E-state index in [0.29, 0.717) is 43.8 Å². The Hall–Kier alpha value is -4.25. The number of nitrogens with one attached hydrogen (secondary N) is 1. The number of anilines is 1. The summed E-state index contributed by atoms with van der Waals surface area (Å²) < 4.78 is 54.6. The van der Waals surface area contributed by atoms with E-state index in [1.165, 1.54) is 30.6 Å². The molecule has 11 heteroatoms. The van der Waals surface area contributed by atoms with Crippen molar-refractivity contribution in [3.63, 3.8) is 0 Å².